The summed E-state index contributed by atoms with van der Waals surface area (Å²) in [5.41, 5.74) is 1.03. The molecule has 4 heteroatoms. The van der Waals surface area contributed by atoms with Crippen molar-refractivity contribution in [2.75, 3.05) is 20.7 Å². The number of carbonyl (C=O) groups excluding carboxylic acids is 1. The predicted octanol–water partition coefficient (Wildman–Crippen LogP) is 0.614. The lowest BCUT2D eigenvalue weighted by atomic mass is 10.4. The van der Waals surface area contributed by atoms with Crippen molar-refractivity contribution in [3.8, 4) is 0 Å². The highest BCUT2D eigenvalue weighted by atomic mass is 16.5. The first-order chi connectivity index (χ1) is 6.02. The van der Waals surface area contributed by atoms with Crippen molar-refractivity contribution in [2.24, 2.45) is 0 Å². The monoisotopic (exact) mass is 184 g/mol. The summed E-state index contributed by atoms with van der Waals surface area (Å²) in [6.45, 7) is 3.88. The van der Waals surface area contributed by atoms with E-state index in [2.05, 4.69) is 16.7 Å². The fourth-order valence-corrected chi connectivity index (χ4v) is 1.26. The first-order valence-corrected chi connectivity index (χ1v) is 4.31. The number of ether oxygens (including phenoxy) is 1. The Kier molecular flexibility index (Phi) is 2.80. The quantitative estimate of drug-likeness (QED) is 0.589. The van der Waals surface area contributed by atoms with Gasteiger partial charge in [-0.1, -0.05) is 0 Å². The summed E-state index contributed by atoms with van der Waals surface area (Å²) < 4.78 is 4.92. The van der Waals surface area contributed by atoms with Crippen LogP contribution in [0.1, 0.15) is 13.8 Å². The van der Waals surface area contributed by atoms with Gasteiger partial charge in [-0.3, -0.25) is 4.79 Å². The van der Waals surface area contributed by atoms with E-state index in [1.54, 1.807) is 0 Å². The van der Waals surface area contributed by atoms with Crippen molar-refractivity contribution < 1.29 is 9.53 Å². The molecule has 0 spiro atoms. The molecule has 0 aromatic heterocycles. The van der Waals surface area contributed by atoms with Crippen molar-refractivity contribution in [3.05, 3.63) is 11.9 Å². The van der Waals surface area contributed by atoms with Crippen molar-refractivity contribution in [2.45, 2.75) is 20.0 Å². The maximum atomic E-state index is 10.6. The predicted molar refractivity (Wildman–Crippen MR) is 49.7 cm³/mol. The first-order valence-electron chi connectivity index (χ1n) is 4.31. The van der Waals surface area contributed by atoms with E-state index in [1.807, 2.05) is 20.3 Å². The zero-order chi connectivity index (χ0) is 10.0. The molecule has 74 valence electrons. The van der Waals surface area contributed by atoms with Gasteiger partial charge in [0.1, 0.15) is 6.61 Å². The first kappa shape index (κ1) is 9.89. The fourth-order valence-electron chi connectivity index (χ4n) is 1.26. The molecule has 1 aliphatic rings. The molecular weight excluding hydrogens is 168 g/mol. The van der Waals surface area contributed by atoms with Crippen LogP contribution in [0.4, 0.5) is 0 Å². The number of likely N-dealkylation sites (N-methyl/N-ethyl adjacent to an activating group) is 1. The molecule has 0 aliphatic carbocycles. The number of esters is 1. The van der Waals surface area contributed by atoms with Crippen molar-refractivity contribution >= 4 is 5.97 Å². The number of carbonyl (C=O) groups is 1. The van der Waals surface area contributed by atoms with E-state index in [9.17, 15) is 4.79 Å². The van der Waals surface area contributed by atoms with Crippen LogP contribution in [-0.2, 0) is 9.53 Å². The molecule has 0 saturated heterocycles. The van der Waals surface area contributed by atoms with Crippen LogP contribution in [0.5, 0.6) is 0 Å². The number of rotatable bonds is 2. The Labute approximate surface area is 78.8 Å². The van der Waals surface area contributed by atoms with Gasteiger partial charge in [0, 0.05) is 27.2 Å². The van der Waals surface area contributed by atoms with Crippen LogP contribution < -0.4 is 0 Å². The van der Waals surface area contributed by atoms with Gasteiger partial charge in [0.05, 0.1) is 11.9 Å². The minimum absolute atomic E-state index is 0.239. The summed E-state index contributed by atoms with van der Waals surface area (Å²) in [7, 11) is 3.99. The second-order valence-corrected chi connectivity index (χ2v) is 3.31. The molecular formula is C9H16N2O2. The standard InChI is InChI=1S/C9H16N2O2/c1-7-10(3)5-9(11(7)4)6-13-8(2)12/h5,7H,6H2,1-4H3. The highest BCUT2D eigenvalue weighted by Crippen LogP contribution is 2.18. The highest BCUT2D eigenvalue weighted by molar-refractivity contribution is 5.66. The van der Waals surface area contributed by atoms with Gasteiger partial charge in [0.25, 0.3) is 0 Å². The Morgan fingerprint density at radius 1 is 1.62 bits per heavy atom. The summed E-state index contributed by atoms with van der Waals surface area (Å²) >= 11 is 0. The summed E-state index contributed by atoms with van der Waals surface area (Å²) in [4.78, 5) is 14.8. The Balaban J connectivity index is 2.51. The molecule has 13 heavy (non-hydrogen) atoms. The molecule has 1 unspecified atom stereocenters. The molecule has 1 rings (SSSR count). The normalized spacial score (nSPS) is 21.8. The Bertz CT molecular complexity index is 238. The van der Waals surface area contributed by atoms with Crippen molar-refractivity contribution in [3.63, 3.8) is 0 Å². The minimum Gasteiger partial charge on any atom is -0.459 e. The molecule has 0 radical (unpaired) electrons. The molecule has 4 nitrogen and oxygen atoms in total. The van der Waals surface area contributed by atoms with E-state index >= 15 is 0 Å². The van der Waals surface area contributed by atoms with Crippen LogP contribution in [0.15, 0.2) is 11.9 Å². The summed E-state index contributed by atoms with van der Waals surface area (Å²) in [5, 5.41) is 0. The Hall–Kier alpha value is -1.19. The number of hydrogen-bond acceptors (Lipinski definition) is 4. The van der Waals surface area contributed by atoms with Gasteiger partial charge in [-0.2, -0.15) is 0 Å². The molecule has 0 N–H and O–H groups in total. The van der Waals surface area contributed by atoms with Crippen LogP contribution in [-0.4, -0.2) is 42.6 Å². The van der Waals surface area contributed by atoms with E-state index in [0.29, 0.717) is 12.8 Å². The molecule has 0 fully saturated rings. The minimum atomic E-state index is -0.239. The smallest absolute Gasteiger partial charge is 0.303 e. The molecule has 1 atom stereocenters. The Morgan fingerprint density at radius 3 is 2.62 bits per heavy atom. The SMILES string of the molecule is CC(=O)OCC1=CN(C)C(C)N1C. The van der Waals surface area contributed by atoms with Gasteiger partial charge in [0.2, 0.25) is 0 Å². The van der Waals surface area contributed by atoms with Gasteiger partial charge in [-0.15, -0.1) is 0 Å². The van der Waals surface area contributed by atoms with Crippen LogP contribution in [0.3, 0.4) is 0 Å². The number of hydrogen-bond donors (Lipinski definition) is 0. The van der Waals surface area contributed by atoms with Crippen LogP contribution in [0.25, 0.3) is 0 Å². The largest absolute Gasteiger partial charge is 0.459 e. The summed E-state index contributed by atoms with van der Waals surface area (Å²) in [6, 6.07) is 0. The van der Waals surface area contributed by atoms with E-state index in [4.69, 9.17) is 4.74 Å². The summed E-state index contributed by atoms with van der Waals surface area (Å²) in [5.74, 6) is -0.239. The second kappa shape index (κ2) is 3.68. The molecule has 0 saturated carbocycles. The lowest BCUT2D eigenvalue weighted by Gasteiger charge is -2.25. The second-order valence-electron chi connectivity index (χ2n) is 3.31. The van der Waals surface area contributed by atoms with Crippen molar-refractivity contribution in [1.29, 1.82) is 0 Å². The molecule has 0 aromatic carbocycles. The maximum Gasteiger partial charge on any atom is 0.303 e. The van der Waals surface area contributed by atoms with Gasteiger partial charge in [-0.05, 0) is 6.92 Å². The van der Waals surface area contributed by atoms with E-state index in [-0.39, 0.29) is 5.97 Å². The van der Waals surface area contributed by atoms with E-state index < -0.39 is 0 Å². The van der Waals surface area contributed by atoms with Crippen LogP contribution >= 0.6 is 0 Å². The molecule has 1 heterocycles. The lowest BCUT2D eigenvalue weighted by Crippen LogP contribution is -2.32. The average molecular weight is 184 g/mol. The third kappa shape index (κ3) is 2.14. The third-order valence-electron chi connectivity index (χ3n) is 2.38. The average Bonchev–Trinajstić information content (AvgIpc) is 2.29. The zero-order valence-corrected chi connectivity index (χ0v) is 8.57. The topological polar surface area (TPSA) is 32.8 Å². The third-order valence-corrected chi connectivity index (χ3v) is 2.38. The summed E-state index contributed by atoms with van der Waals surface area (Å²) in [6.07, 6.45) is 2.33. The van der Waals surface area contributed by atoms with Gasteiger partial charge < -0.3 is 14.5 Å². The van der Waals surface area contributed by atoms with Gasteiger partial charge in [-0.25, -0.2) is 0 Å². The fraction of sp³-hybridized carbons (Fsp3) is 0.667. The number of nitrogens with zero attached hydrogens (tertiary/aromatic N) is 2. The van der Waals surface area contributed by atoms with E-state index in [0.717, 1.165) is 5.70 Å². The van der Waals surface area contributed by atoms with Crippen molar-refractivity contribution in [1.82, 2.24) is 9.80 Å². The molecule has 0 bridgehead atoms. The highest BCUT2D eigenvalue weighted by Gasteiger charge is 2.22. The zero-order valence-electron chi connectivity index (χ0n) is 8.57. The maximum absolute atomic E-state index is 10.6. The van der Waals surface area contributed by atoms with Crippen LogP contribution in [0.2, 0.25) is 0 Å². The molecule has 0 aromatic rings. The molecule has 1 aliphatic heterocycles. The van der Waals surface area contributed by atoms with Gasteiger partial charge in [0.15, 0.2) is 0 Å². The molecule has 0 amide bonds. The van der Waals surface area contributed by atoms with Crippen LogP contribution in [0, 0.1) is 0 Å². The van der Waals surface area contributed by atoms with E-state index in [1.165, 1.54) is 6.92 Å². The lowest BCUT2D eigenvalue weighted by molar-refractivity contribution is -0.140. The van der Waals surface area contributed by atoms with Gasteiger partial charge >= 0.3 is 5.97 Å². The Morgan fingerprint density at radius 2 is 2.23 bits per heavy atom.